The van der Waals surface area contributed by atoms with Gasteiger partial charge in [-0.2, -0.15) is 0 Å². The number of nitrogens with two attached hydrogens (primary N) is 1. The van der Waals surface area contributed by atoms with Crippen molar-refractivity contribution in [2.75, 3.05) is 0 Å². The molecule has 0 amide bonds. The maximum atomic E-state index is 6.91. The van der Waals surface area contributed by atoms with E-state index in [0.717, 1.165) is 11.8 Å². The van der Waals surface area contributed by atoms with Crippen LogP contribution in [-0.4, -0.2) is 5.25 Å². The predicted octanol–water partition coefficient (Wildman–Crippen LogP) is 8.93. The van der Waals surface area contributed by atoms with Gasteiger partial charge in [0.25, 0.3) is 0 Å². The summed E-state index contributed by atoms with van der Waals surface area (Å²) in [5, 5.41) is 7.54. The quantitative estimate of drug-likeness (QED) is 0.415. The molecule has 5 rings (SSSR count). The van der Waals surface area contributed by atoms with Gasteiger partial charge in [0.2, 0.25) is 0 Å². The lowest BCUT2D eigenvalue weighted by Gasteiger charge is -2.71. The second-order valence-corrected chi connectivity index (χ2v) is 15.5. The molecule has 0 saturated heterocycles. The number of rotatable bonds is 5. The first-order chi connectivity index (χ1) is 16.2. The maximum absolute atomic E-state index is 6.91. The van der Waals surface area contributed by atoms with Crippen molar-refractivity contribution >= 4 is 20.8 Å². The van der Waals surface area contributed by atoms with E-state index in [2.05, 4.69) is 0 Å². The summed E-state index contributed by atoms with van der Waals surface area (Å²) in [5.74, 6) is 1.91. The van der Waals surface area contributed by atoms with Gasteiger partial charge in [0.1, 0.15) is 0 Å². The molecule has 2 N–H and O–H groups in total. The lowest BCUT2D eigenvalue weighted by molar-refractivity contribution is -0.203. The van der Waals surface area contributed by atoms with Gasteiger partial charge >= 0.3 is 0 Å². The molecule has 0 heterocycles. The summed E-state index contributed by atoms with van der Waals surface area (Å²) in [4.78, 5) is 0. The zero-order valence-electron chi connectivity index (χ0n) is 21.6. The molecule has 5 saturated carbocycles. The second-order valence-electron chi connectivity index (χ2n) is 13.1. The van der Waals surface area contributed by atoms with E-state index >= 15 is 0 Å². The van der Waals surface area contributed by atoms with Crippen LogP contribution in [0.3, 0.4) is 0 Å². The third-order valence-corrected chi connectivity index (χ3v) is 14.1. The molecule has 0 aromatic rings. The highest BCUT2D eigenvalue weighted by Crippen LogP contribution is 2.74. The summed E-state index contributed by atoms with van der Waals surface area (Å²) in [6.45, 7) is 0. The minimum atomic E-state index is -0.345. The molecule has 0 aromatic heterocycles. The van der Waals surface area contributed by atoms with Crippen molar-refractivity contribution in [3.63, 3.8) is 0 Å². The van der Waals surface area contributed by atoms with Gasteiger partial charge in [-0.3, -0.25) is 5.14 Å². The summed E-state index contributed by atoms with van der Waals surface area (Å²) >= 11 is 6.14. The van der Waals surface area contributed by atoms with Crippen molar-refractivity contribution < 1.29 is 0 Å². The van der Waals surface area contributed by atoms with Crippen LogP contribution < -0.4 is 5.14 Å². The van der Waals surface area contributed by atoms with E-state index in [-0.39, 0.29) is 9.64 Å². The first-order valence-electron chi connectivity index (χ1n) is 15.3. The monoisotopic (exact) mass is 491 g/mol. The standard InChI is InChI=1S/C30H53NS2/c31-33(32)27-19-9-14-24-30(27,26-17-7-2-8-18-26)29(22-12-4-13-23-29)28(20-10-3-11-21-28)25-15-5-1-6-16-25/h25-27H,1-24,31H2. The fraction of sp³-hybridized carbons (Fsp3) is 1.00. The zero-order chi connectivity index (χ0) is 22.8. The number of hydrogen-bond donors (Lipinski definition) is 1. The highest BCUT2D eigenvalue weighted by atomic mass is 32.8. The minimum Gasteiger partial charge on any atom is -0.274 e. The summed E-state index contributed by atoms with van der Waals surface area (Å²) < 4.78 is 0. The molecule has 33 heavy (non-hydrogen) atoms. The topological polar surface area (TPSA) is 26.0 Å². The van der Waals surface area contributed by atoms with E-state index in [1.54, 1.807) is 12.8 Å². The van der Waals surface area contributed by atoms with E-state index in [1.807, 2.05) is 0 Å². The SMILES string of the molecule is NS(=S)C1CCCCC1(C1CCCCC1)C1(C2(C3CCCCC3)CCCCC2)CCCCC1. The summed E-state index contributed by atoms with van der Waals surface area (Å²) in [7, 11) is -0.345. The molecule has 3 atom stereocenters. The van der Waals surface area contributed by atoms with Crippen molar-refractivity contribution in [2.24, 2.45) is 33.2 Å². The Morgan fingerprint density at radius 1 is 0.515 bits per heavy atom. The lowest BCUT2D eigenvalue weighted by Crippen LogP contribution is -2.66. The van der Waals surface area contributed by atoms with Gasteiger partial charge in [0.15, 0.2) is 0 Å². The van der Waals surface area contributed by atoms with Gasteiger partial charge in [0.05, 0.1) is 0 Å². The van der Waals surface area contributed by atoms with Crippen LogP contribution in [0.15, 0.2) is 0 Å². The molecule has 0 spiro atoms. The average Bonchev–Trinajstić information content (AvgIpc) is 2.90. The molecule has 0 aromatic carbocycles. The molecule has 3 heteroatoms. The first kappa shape index (κ1) is 25.2. The smallest absolute Gasteiger partial charge is 0.0291 e. The Morgan fingerprint density at radius 2 is 0.970 bits per heavy atom. The van der Waals surface area contributed by atoms with Gasteiger partial charge in [-0.15, -0.1) is 0 Å². The predicted molar refractivity (Wildman–Crippen MR) is 148 cm³/mol. The third-order valence-electron chi connectivity index (χ3n) is 12.2. The summed E-state index contributed by atoms with van der Waals surface area (Å²) in [6.07, 6.45) is 35.8. The van der Waals surface area contributed by atoms with Crippen molar-refractivity contribution in [3.05, 3.63) is 0 Å². The molecule has 5 fully saturated rings. The molecule has 0 aliphatic heterocycles. The molecule has 0 bridgehead atoms. The van der Waals surface area contributed by atoms with Crippen LogP contribution in [0.4, 0.5) is 0 Å². The molecule has 5 aliphatic rings. The van der Waals surface area contributed by atoms with E-state index in [1.165, 1.54) is 141 Å². The van der Waals surface area contributed by atoms with Crippen LogP contribution in [0.1, 0.15) is 154 Å². The first-order valence-corrected chi connectivity index (χ1v) is 17.6. The van der Waals surface area contributed by atoms with E-state index in [4.69, 9.17) is 16.3 Å². The van der Waals surface area contributed by atoms with Crippen molar-refractivity contribution in [3.8, 4) is 0 Å². The Bertz CT molecular complexity index is 650. The van der Waals surface area contributed by atoms with E-state index in [9.17, 15) is 0 Å². The van der Waals surface area contributed by atoms with Crippen LogP contribution >= 0.6 is 0 Å². The zero-order valence-corrected chi connectivity index (χ0v) is 23.2. The van der Waals surface area contributed by atoms with Gasteiger partial charge in [-0.05, 0) is 103 Å². The summed E-state index contributed by atoms with van der Waals surface area (Å²) in [5.41, 5.74) is 1.60. The molecule has 5 aliphatic carbocycles. The van der Waals surface area contributed by atoms with Crippen molar-refractivity contribution in [2.45, 2.75) is 159 Å². The fourth-order valence-electron chi connectivity index (χ4n) is 11.2. The normalized spacial score (nSPS) is 37.4. The molecular formula is C30H53NS2. The molecule has 1 nitrogen and oxygen atoms in total. The number of hydrogen-bond acceptors (Lipinski definition) is 1. The highest BCUT2D eigenvalue weighted by molar-refractivity contribution is 8.28. The van der Waals surface area contributed by atoms with Crippen LogP contribution in [0.5, 0.6) is 0 Å². The molecular weight excluding hydrogens is 438 g/mol. The summed E-state index contributed by atoms with van der Waals surface area (Å²) in [6, 6.07) is 0. The Kier molecular flexibility index (Phi) is 8.30. The largest absolute Gasteiger partial charge is 0.274 e. The van der Waals surface area contributed by atoms with Crippen LogP contribution in [0.2, 0.25) is 0 Å². The van der Waals surface area contributed by atoms with Crippen LogP contribution in [0, 0.1) is 28.1 Å². The van der Waals surface area contributed by atoms with Crippen molar-refractivity contribution in [1.29, 1.82) is 0 Å². The fourth-order valence-corrected chi connectivity index (χ4v) is 13.4. The van der Waals surface area contributed by atoms with Gasteiger partial charge in [-0.1, -0.05) is 99.5 Å². The van der Waals surface area contributed by atoms with Crippen molar-refractivity contribution in [1.82, 2.24) is 0 Å². The molecule has 0 radical (unpaired) electrons. The van der Waals surface area contributed by atoms with Gasteiger partial charge < -0.3 is 0 Å². The van der Waals surface area contributed by atoms with Gasteiger partial charge in [-0.25, -0.2) is 0 Å². The van der Waals surface area contributed by atoms with Gasteiger partial charge in [0, 0.05) is 5.25 Å². The average molecular weight is 492 g/mol. The molecule has 190 valence electrons. The highest BCUT2D eigenvalue weighted by Gasteiger charge is 2.68. The Balaban J connectivity index is 1.70. The van der Waals surface area contributed by atoms with Crippen LogP contribution in [-0.2, 0) is 20.8 Å². The Morgan fingerprint density at radius 3 is 1.55 bits per heavy atom. The van der Waals surface area contributed by atoms with Crippen LogP contribution in [0.25, 0.3) is 0 Å². The Labute approximate surface area is 212 Å². The van der Waals surface area contributed by atoms with E-state index < -0.39 is 0 Å². The van der Waals surface area contributed by atoms with E-state index in [0.29, 0.717) is 21.5 Å². The maximum Gasteiger partial charge on any atom is 0.0291 e. The lowest BCUT2D eigenvalue weighted by atomic mass is 9.35. The third kappa shape index (κ3) is 4.24. The minimum absolute atomic E-state index is 0.345. The second kappa shape index (κ2) is 10.9. The Hall–Kier alpha value is 0.530. The molecule has 3 unspecified atom stereocenters.